The summed E-state index contributed by atoms with van der Waals surface area (Å²) in [5.41, 5.74) is 3.35. The number of benzene rings is 1. The molecule has 3 rings (SSSR count). The molecule has 0 radical (unpaired) electrons. The number of halogens is 1. The summed E-state index contributed by atoms with van der Waals surface area (Å²) >= 11 is 3.51. The maximum absolute atomic E-state index is 9.20. The number of aryl methyl sites for hydroxylation is 1. The molecule has 0 amide bonds. The van der Waals surface area contributed by atoms with E-state index in [1.807, 2.05) is 0 Å². The number of hydrogen-bond donors (Lipinski definition) is 1. The van der Waals surface area contributed by atoms with Crippen LogP contribution in [0.15, 0.2) is 22.7 Å². The molecular weight excluding hydrogens is 240 g/mol. The predicted octanol–water partition coefficient (Wildman–Crippen LogP) is 2.65. The van der Waals surface area contributed by atoms with Crippen molar-refractivity contribution < 1.29 is 5.11 Å². The highest BCUT2D eigenvalue weighted by atomic mass is 79.9. The largest absolute Gasteiger partial charge is 0.396 e. The van der Waals surface area contributed by atoms with Crippen LogP contribution < -0.4 is 0 Å². The van der Waals surface area contributed by atoms with Crippen molar-refractivity contribution in [3.63, 3.8) is 0 Å². The number of fused-ring (bicyclic) bond motifs is 2. The summed E-state index contributed by atoms with van der Waals surface area (Å²) in [5, 5.41) is 9.20. The Morgan fingerprint density at radius 1 is 1.50 bits per heavy atom. The van der Waals surface area contributed by atoms with E-state index in [9.17, 15) is 5.11 Å². The summed E-state index contributed by atoms with van der Waals surface area (Å²) in [5.74, 6) is 0.532. The van der Waals surface area contributed by atoms with E-state index in [1.165, 1.54) is 34.9 Å². The summed E-state index contributed by atoms with van der Waals surface area (Å²) in [4.78, 5) is 0. The molecule has 2 atom stereocenters. The lowest BCUT2D eigenvalue weighted by molar-refractivity contribution is 0.263. The lowest BCUT2D eigenvalue weighted by Gasteiger charge is -2.10. The van der Waals surface area contributed by atoms with E-state index >= 15 is 0 Å². The molecule has 1 fully saturated rings. The van der Waals surface area contributed by atoms with Crippen LogP contribution in [0.25, 0.3) is 0 Å². The van der Waals surface area contributed by atoms with Crippen molar-refractivity contribution in [1.82, 2.24) is 0 Å². The lowest BCUT2D eigenvalue weighted by atomic mass is 9.96. The van der Waals surface area contributed by atoms with Crippen molar-refractivity contribution in [2.45, 2.75) is 24.7 Å². The average molecular weight is 253 g/mol. The Kier molecular flexibility index (Phi) is 1.80. The Hall–Kier alpha value is -0.340. The van der Waals surface area contributed by atoms with Gasteiger partial charge in [0.1, 0.15) is 0 Å². The maximum atomic E-state index is 9.20. The van der Waals surface area contributed by atoms with E-state index in [-0.39, 0.29) is 0 Å². The van der Waals surface area contributed by atoms with Crippen molar-refractivity contribution >= 4 is 15.9 Å². The Labute approximate surface area is 92.3 Å². The first-order valence-electron chi connectivity index (χ1n) is 5.16. The average Bonchev–Trinajstić information content (AvgIpc) is 2.78. The summed E-state index contributed by atoms with van der Waals surface area (Å²) in [7, 11) is 0. The Morgan fingerprint density at radius 2 is 2.36 bits per heavy atom. The molecule has 0 aliphatic heterocycles. The van der Waals surface area contributed by atoms with Crippen LogP contribution in [-0.4, -0.2) is 11.7 Å². The monoisotopic (exact) mass is 252 g/mol. The third kappa shape index (κ3) is 1.04. The van der Waals surface area contributed by atoms with Gasteiger partial charge in [-0.25, -0.2) is 0 Å². The van der Waals surface area contributed by atoms with Crippen LogP contribution in [0, 0.1) is 5.92 Å². The van der Waals surface area contributed by atoms with Gasteiger partial charge in [0.05, 0.1) is 0 Å². The van der Waals surface area contributed by atoms with Crippen molar-refractivity contribution in [2.75, 3.05) is 6.61 Å². The van der Waals surface area contributed by atoms with E-state index in [4.69, 9.17) is 0 Å². The highest BCUT2D eigenvalue weighted by Gasteiger charge is 2.57. The highest BCUT2D eigenvalue weighted by Crippen LogP contribution is 2.61. The van der Waals surface area contributed by atoms with Crippen molar-refractivity contribution in [3.05, 3.63) is 33.8 Å². The Bertz CT molecular complexity index is 388. The molecule has 2 aliphatic rings. The molecule has 0 saturated heterocycles. The third-order valence-electron chi connectivity index (χ3n) is 3.90. The van der Waals surface area contributed by atoms with Gasteiger partial charge < -0.3 is 5.11 Å². The molecule has 0 aromatic heterocycles. The summed E-state index contributed by atoms with van der Waals surface area (Å²) in [6.45, 7) is 0.357. The Morgan fingerprint density at radius 3 is 3.07 bits per heavy atom. The van der Waals surface area contributed by atoms with Gasteiger partial charge in [0.25, 0.3) is 0 Å². The van der Waals surface area contributed by atoms with Gasteiger partial charge in [0.15, 0.2) is 0 Å². The summed E-state index contributed by atoms with van der Waals surface area (Å²) in [6, 6.07) is 6.59. The number of aliphatic hydroxyl groups is 1. The minimum Gasteiger partial charge on any atom is -0.396 e. The van der Waals surface area contributed by atoms with Gasteiger partial charge in [0, 0.05) is 16.5 Å². The van der Waals surface area contributed by atoms with Gasteiger partial charge in [-0.05, 0) is 48.4 Å². The standard InChI is InChI=1S/C12H13BrO/c13-10-1-2-11-8(5-10)3-4-12(11)6-9(12)7-14/h1-2,5,9,14H,3-4,6-7H2/t9-,12-/m0/s1. The lowest BCUT2D eigenvalue weighted by Crippen LogP contribution is -2.06. The SMILES string of the molecule is OC[C@@H]1C[C@@]12CCc1cc(Br)ccc12. The second-order valence-electron chi connectivity index (χ2n) is 4.54. The smallest absolute Gasteiger partial charge is 0.0468 e. The first-order chi connectivity index (χ1) is 6.76. The molecule has 0 heterocycles. The second-order valence-corrected chi connectivity index (χ2v) is 5.46. The maximum Gasteiger partial charge on any atom is 0.0468 e. The minimum absolute atomic E-state index is 0.357. The molecule has 2 heteroatoms. The fraction of sp³-hybridized carbons (Fsp3) is 0.500. The van der Waals surface area contributed by atoms with Gasteiger partial charge in [-0.1, -0.05) is 22.0 Å². The van der Waals surface area contributed by atoms with Crippen LogP contribution in [0.4, 0.5) is 0 Å². The number of rotatable bonds is 1. The summed E-state index contributed by atoms with van der Waals surface area (Å²) in [6.07, 6.45) is 3.62. The molecular formula is C12H13BrO. The van der Waals surface area contributed by atoms with E-state index in [0.717, 1.165) is 0 Å². The predicted molar refractivity (Wildman–Crippen MR) is 59.3 cm³/mol. The first-order valence-corrected chi connectivity index (χ1v) is 5.95. The van der Waals surface area contributed by atoms with Gasteiger partial charge in [0.2, 0.25) is 0 Å². The van der Waals surface area contributed by atoms with Crippen LogP contribution in [-0.2, 0) is 11.8 Å². The topological polar surface area (TPSA) is 20.2 Å². The molecule has 1 aromatic rings. The minimum atomic E-state index is 0.357. The normalized spacial score (nSPS) is 33.4. The Balaban J connectivity index is 2.04. The molecule has 1 aromatic carbocycles. The second kappa shape index (κ2) is 2.83. The molecule has 1 nitrogen and oxygen atoms in total. The van der Waals surface area contributed by atoms with Crippen LogP contribution >= 0.6 is 15.9 Å². The molecule has 74 valence electrons. The molecule has 2 aliphatic carbocycles. The van der Waals surface area contributed by atoms with E-state index in [2.05, 4.69) is 34.1 Å². The molecule has 1 spiro atoms. The van der Waals surface area contributed by atoms with Crippen LogP contribution in [0.2, 0.25) is 0 Å². The van der Waals surface area contributed by atoms with E-state index < -0.39 is 0 Å². The molecule has 0 bridgehead atoms. The van der Waals surface area contributed by atoms with Gasteiger partial charge >= 0.3 is 0 Å². The van der Waals surface area contributed by atoms with Crippen LogP contribution in [0.3, 0.4) is 0 Å². The quantitative estimate of drug-likeness (QED) is 0.815. The van der Waals surface area contributed by atoms with E-state index in [0.29, 0.717) is 17.9 Å². The van der Waals surface area contributed by atoms with Gasteiger partial charge in [-0.2, -0.15) is 0 Å². The highest BCUT2D eigenvalue weighted by molar-refractivity contribution is 9.10. The van der Waals surface area contributed by atoms with Gasteiger partial charge in [-0.3, -0.25) is 0 Å². The van der Waals surface area contributed by atoms with Crippen molar-refractivity contribution in [3.8, 4) is 0 Å². The fourth-order valence-corrected chi connectivity index (χ4v) is 3.41. The van der Waals surface area contributed by atoms with Crippen molar-refractivity contribution in [1.29, 1.82) is 0 Å². The molecule has 1 saturated carbocycles. The zero-order valence-corrected chi connectivity index (χ0v) is 9.55. The molecule has 0 unspecified atom stereocenters. The zero-order chi connectivity index (χ0) is 9.76. The van der Waals surface area contributed by atoms with Crippen LogP contribution in [0.5, 0.6) is 0 Å². The molecule has 1 N–H and O–H groups in total. The fourth-order valence-electron chi connectivity index (χ4n) is 3.00. The van der Waals surface area contributed by atoms with Gasteiger partial charge in [-0.15, -0.1) is 0 Å². The van der Waals surface area contributed by atoms with Crippen molar-refractivity contribution in [2.24, 2.45) is 5.92 Å². The first kappa shape index (κ1) is 8.93. The van der Waals surface area contributed by atoms with Crippen LogP contribution in [0.1, 0.15) is 24.0 Å². The zero-order valence-electron chi connectivity index (χ0n) is 7.96. The molecule has 14 heavy (non-hydrogen) atoms. The number of aliphatic hydroxyl groups excluding tert-OH is 1. The summed E-state index contributed by atoms with van der Waals surface area (Å²) < 4.78 is 1.18. The third-order valence-corrected chi connectivity index (χ3v) is 4.39. The van der Waals surface area contributed by atoms with E-state index in [1.54, 1.807) is 0 Å². The number of hydrogen-bond acceptors (Lipinski definition) is 1.